The summed E-state index contributed by atoms with van der Waals surface area (Å²) in [5.74, 6) is -0.386. The van der Waals surface area contributed by atoms with E-state index in [9.17, 15) is 9.18 Å². The van der Waals surface area contributed by atoms with E-state index in [1.54, 1.807) is 23.2 Å². The van der Waals surface area contributed by atoms with E-state index in [0.29, 0.717) is 18.7 Å². The van der Waals surface area contributed by atoms with E-state index in [4.69, 9.17) is 4.74 Å². The van der Waals surface area contributed by atoms with Crippen LogP contribution in [0.4, 0.5) is 4.39 Å². The minimum absolute atomic E-state index is 0.0472. The Morgan fingerprint density at radius 2 is 2.15 bits per heavy atom. The first kappa shape index (κ1) is 18.5. The number of carbonyl (C=O) groups is 1. The highest BCUT2D eigenvalue weighted by Crippen LogP contribution is 2.28. The fourth-order valence-corrected chi connectivity index (χ4v) is 3.34. The molecule has 0 radical (unpaired) electrons. The maximum absolute atomic E-state index is 13.7. The number of amides is 1. The molecule has 0 saturated carbocycles. The Bertz CT molecular complexity index is 743. The topological polar surface area (TPSA) is 42.4 Å². The monoisotopic (exact) mass is 356 g/mol. The molecule has 1 aromatic heterocycles. The van der Waals surface area contributed by atoms with Gasteiger partial charge in [0.15, 0.2) is 0 Å². The quantitative estimate of drug-likeness (QED) is 0.792. The highest BCUT2D eigenvalue weighted by atomic mass is 19.1. The van der Waals surface area contributed by atoms with Crippen LogP contribution < -0.4 is 0 Å². The Kier molecular flexibility index (Phi) is 5.67. The van der Waals surface area contributed by atoms with Crippen LogP contribution in [-0.2, 0) is 21.5 Å². The van der Waals surface area contributed by atoms with Crippen molar-refractivity contribution in [2.45, 2.75) is 44.8 Å². The number of hydrogen-bond acceptors (Lipinski definition) is 3. The number of rotatable bonds is 6. The third-order valence-corrected chi connectivity index (χ3v) is 4.90. The SMILES string of the molecule is CC(C)(C(=O)N(Cc1ccccn1)C[C@@H]1CCCO1)c1cccc(F)c1. The third kappa shape index (κ3) is 4.28. The van der Waals surface area contributed by atoms with Crippen molar-refractivity contribution in [2.24, 2.45) is 0 Å². The van der Waals surface area contributed by atoms with Crippen LogP contribution >= 0.6 is 0 Å². The van der Waals surface area contributed by atoms with Gasteiger partial charge in [0.05, 0.1) is 23.8 Å². The van der Waals surface area contributed by atoms with E-state index in [-0.39, 0.29) is 17.8 Å². The van der Waals surface area contributed by atoms with Gasteiger partial charge < -0.3 is 9.64 Å². The predicted molar refractivity (Wildman–Crippen MR) is 98.1 cm³/mol. The first-order chi connectivity index (χ1) is 12.5. The van der Waals surface area contributed by atoms with Crippen LogP contribution in [0.5, 0.6) is 0 Å². The van der Waals surface area contributed by atoms with Crippen LogP contribution in [0.15, 0.2) is 48.7 Å². The van der Waals surface area contributed by atoms with Crippen molar-refractivity contribution in [3.05, 3.63) is 65.7 Å². The summed E-state index contributed by atoms with van der Waals surface area (Å²) in [5.41, 5.74) is 0.657. The Morgan fingerprint density at radius 3 is 2.81 bits per heavy atom. The van der Waals surface area contributed by atoms with Crippen LogP contribution in [0.25, 0.3) is 0 Å². The molecule has 5 heteroatoms. The van der Waals surface area contributed by atoms with Gasteiger partial charge in [0.1, 0.15) is 5.82 Å². The van der Waals surface area contributed by atoms with Gasteiger partial charge >= 0.3 is 0 Å². The van der Waals surface area contributed by atoms with Gasteiger partial charge in [-0.15, -0.1) is 0 Å². The minimum Gasteiger partial charge on any atom is -0.376 e. The molecule has 1 aromatic carbocycles. The number of carbonyl (C=O) groups excluding carboxylic acids is 1. The normalized spacial score (nSPS) is 17.3. The molecule has 138 valence electrons. The Hall–Kier alpha value is -2.27. The lowest BCUT2D eigenvalue weighted by molar-refractivity contribution is -0.138. The fourth-order valence-electron chi connectivity index (χ4n) is 3.34. The molecule has 0 spiro atoms. The molecule has 26 heavy (non-hydrogen) atoms. The Balaban J connectivity index is 1.85. The first-order valence-corrected chi connectivity index (χ1v) is 9.04. The summed E-state index contributed by atoms with van der Waals surface area (Å²) in [6.07, 6.45) is 3.74. The molecule has 1 aliphatic rings. The standard InChI is InChI=1S/C21H25FN2O2/c1-21(2,16-7-5-8-17(22)13-16)20(25)24(15-19-10-6-12-26-19)14-18-9-3-4-11-23-18/h3-5,7-9,11,13,19H,6,10,12,14-15H2,1-2H3/t19-/m0/s1. The maximum Gasteiger partial charge on any atom is 0.233 e. The highest BCUT2D eigenvalue weighted by molar-refractivity contribution is 5.87. The molecule has 0 bridgehead atoms. The van der Waals surface area contributed by atoms with Crippen LogP contribution in [0.3, 0.4) is 0 Å². The van der Waals surface area contributed by atoms with E-state index >= 15 is 0 Å². The molecule has 0 unspecified atom stereocenters. The molecule has 2 heterocycles. The number of pyridine rings is 1. The zero-order valence-corrected chi connectivity index (χ0v) is 15.3. The van der Waals surface area contributed by atoms with Gasteiger partial charge in [-0.05, 0) is 56.5 Å². The Morgan fingerprint density at radius 1 is 1.31 bits per heavy atom. The van der Waals surface area contributed by atoms with Crippen molar-refractivity contribution < 1.29 is 13.9 Å². The van der Waals surface area contributed by atoms with E-state index in [0.717, 1.165) is 25.1 Å². The van der Waals surface area contributed by atoms with E-state index < -0.39 is 5.41 Å². The lowest BCUT2D eigenvalue weighted by atomic mass is 9.83. The summed E-state index contributed by atoms with van der Waals surface area (Å²) >= 11 is 0. The minimum atomic E-state index is -0.838. The van der Waals surface area contributed by atoms with Crippen molar-refractivity contribution in [2.75, 3.05) is 13.2 Å². The zero-order chi connectivity index (χ0) is 18.6. The third-order valence-electron chi connectivity index (χ3n) is 4.90. The number of halogens is 1. The van der Waals surface area contributed by atoms with E-state index in [2.05, 4.69) is 4.98 Å². The molecular formula is C21H25FN2O2. The zero-order valence-electron chi connectivity index (χ0n) is 15.3. The van der Waals surface area contributed by atoms with Crippen LogP contribution in [-0.4, -0.2) is 35.0 Å². The second-order valence-electron chi connectivity index (χ2n) is 7.28. The molecule has 1 atom stereocenters. The van der Waals surface area contributed by atoms with Gasteiger partial charge in [-0.25, -0.2) is 4.39 Å². The van der Waals surface area contributed by atoms with Crippen molar-refractivity contribution in [3.63, 3.8) is 0 Å². The summed E-state index contributed by atoms with van der Waals surface area (Å²) in [4.78, 5) is 19.5. The Labute approximate surface area is 154 Å². The summed E-state index contributed by atoms with van der Waals surface area (Å²) in [6, 6.07) is 11.9. The maximum atomic E-state index is 13.7. The fraction of sp³-hybridized carbons (Fsp3) is 0.429. The number of ether oxygens (including phenoxy) is 1. The number of aromatic nitrogens is 1. The van der Waals surface area contributed by atoms with E-state index in [1.807, 2.05) is 32.0 Å². The van der Waals surface area contributed by atoms with Gasteiger partial charge in [-0.2, -0.15) is 0 Å². The molecule has 1 amide bonds. The molecular weight excluding hydrogens is 331 g/mol. The van der Waals surface area contributed by atoms with Gasteiger partial charge in [0, 0.05) is 19.3 Å². The second-order valence-corrected chi connectivity index (χ2v) is 7.28. The van der Waals surface area contributed by atoms with Gasteiger partial charge in [-0.3, -0.25) is 9.78 Å². The van der Waals surface area contributed by atoms with Crippen LogP contribution in [0.2, 0.25) is 0 Å². The van der Waals surface area contributed by atoms with Crippen LogP contribution in [0, 0.1) is 5.82 Å². The molecule has 2 aromatic rings. The molecule has 4 nitrogen and oxygen atoms in total. The van der Waals surface area contributed by atoms with Crippen molar-refractivity contribution in [1.82, 2.24) is 9.88 Å². The molecule has 1 saturated heterocycles. The molecule has 3 rings (SSSR count). The van der Waals surface area contributed by atoms with Crippen molar-refractivity contribution >= 4 is 5.91 Å². The highest BCUT2D eigenvalue weighted by Gasteiger charge is 2.35. The second kappa shape index (κ2) is 7.96. The lowest BCUT2D eigenvalue weighted by Crippen LogP contribution is -2.46. The first-order valence-electron chi connectivity index (χ1n) is 9.04. The average molecular weight is 356 g/mol. The molecule has 1 fully saturated rings. The smallest absolute Gasteiger partial charge is 0.233 e. The van der Waals surface area contributed by atoms with Gasteiger partial charge in [0.25, 0.3) is 0 Å². The predicted octanol–water partition coefficient (Wildman–Crippen LogP) is 3.71. The number of hydrogen-bond donors (Lipinski definition) is 0. The van der Waals surface area contributed by atoms with Crippen LogP contribution in [0.1, 0.15) is 37.9 Å². The molecule has 1 aliphatic heterocycles. The van der Waals surface area contributed by atoms with Gasteiger partial charge in [-0.1, -0.05) is 18.2 Å². The largest absolute Gasteiger partial charge is 0.376 e. The lowest BCUT2D eigenvalue weighted by Gasteiger charge is -2.33. The molecule has 0 N–H and O–H groups in total. The summed E-state index contributed by atoms with van der Waals surface area (Å²) in [6.45, 7) is 5.35. The number of benzene rings is 1. The molecule has 0 aliphatic carbocycles. The summed E-state index contributed by atoms with van der Waals surface area (Å²) in [7, 11) is 0. The average Bonchev–Trinajstić information content (AvgIpc) is 3.14. The summed E-state index contributed by atoms with van der Waals surface area (Å²) < 4.78 is 19.4. The van der Waals surface area contributed by atoms with E-state index in [1.165, 1.54) is 12.1 Å². The van der Waals surface area contributed by atoms with Crippen molar-refractivity contribution in [1.29, 1.82) is 0 Å². The van der Waals surface area contributed by atoms with Gasteiger partial charge in [0.2, 0.25) is 5.91 Å². The summed E-state index contributed by atoms with van der Waals surface area (Å²) in [5, 5.41) is 0. The van der Waals surface area contributed by atoms with Crippen molar-refractivity contribution in [3.8, 4) is 0 Å². The number of nitrogens with zero attached hydrogens (tertiary/aromatic N) is 2.